The first-order valence-corrected chi connectivity index (χ1v) is 8.84. The fourth-order valence-corrected chi connectivity index (χ4v) is 2.95. The molecule has 0 aliphatic rings. The molecular weight excluding hydrogens is 324 g/mol. The number of amides is 1. The van der Waals surface area contributed by atoms with Crippen LogP contribution >= 0.6 is 11.3 Å². The molecule has 1 aromatic heterocycles. The number of para-hydroxylation sites is 1. The van der Waals surface area contributed by atoms with Crippen molar-refractivity contribution in [3.8, 4) is 5.75 Å². The molecule has 1 aromatic carbocycles. The van der Waals surface area contributed by atoms with Crippen LogP contribution in [0, 0.1) is 5.41 Å². The molecule has 0 aliphatic carbocycles. The van der Waals surface area contributed by atoms with Gasteiger partial charge < -0.3 is 15.2 Å². The van der Waals surface area contributed by atoms with Crippen molar-refractivity contribution in [1.29, 1.82) is 0 Å². The van der Waals surface area contributed by atoms with Crippen molar-refractivity contribution in [2.24, 2.45) is 5.41 Å². The third-order valence-electron chi connectivity index (χ3n) is 3.41. The van der Waals surface area contributed by atoms with E-state index >= 15 is 0 Å². The van der Waals surface area contributed by atoms with Crippen molar-refractivity contribution in [3.05, 3.63) is 46.4 Å². The van der Waals surface area contributed by atoms with Gasteiger partial charge in [-0.1, -0.05) is 32.9 Å². The molecule has 1 amide bonds. The van der Waals surface area contributed by atoms with Gasteiger partial charge in [-0.3, -0.25) is 4.79 Å². The Labute approximate surface area is 146 Å². The maximum absolute atomic E-state index is 12.6. The first-order valence-electron chi connectivity index (χ1n) is 7.89. The minimum absolute atomic E-state index is 0.0152. The van der Waals surface area contributed by atoms with E-state index in [0.29, 0.717) is 24.3 Å². The minimum Gasteiger partial charge on any atom is -0.486 e. The molecule has 0 aliphatic heterocycles. The molecule has 5 nitrogen and oxygen atoms in total. The summed E-state index contributed by atoms with van der Waals surface area (Å²) in [7, 11) is 0. The van der Waals surface area contributed by atoms with Crippen molar-refractivity contribution >= 4 is 17.2 Å². The van der Waals surface area contributed by atoms with Crippen LogP contribution in [0.5, 0.6) is 5.75 Å². The molecule has 2 aromatic rings. The largest absolute Gasteiger partial charge is 0.486 e. The summed E-state index contributed by atoms with van der Waals surface area (Å²) >= 11 is 1.50. The Morgan fingerprint density at radius 3 is 2.75 bits per heavy atom. The first kappa shape index (κ1) is 18.4. The lowest BCUT2D eigenvalue weighted by Crippen LogP contribution is -2.40. The first-order chi connectivity index (χ1) is 11.4. The summed E-state index contributed by atoms with van der Waals surface area (Å²) < 4.78 is 5.74. The number of aliphatic hydroxyl groups is 1. The van der Waals surface area contributed by atoms with Crippen LogP contribution in [0.25, 0.3) is 0 Å². The number of benzene rings is 1. The van der Waals surface area contributed by atoms with Gasteiger partial charge >= 0.3 is 0 Å². The number of rotatable bonds is 7. The highest BCUT2D eigenvalue weighted by molar-refractivity contribution is 7.07. The topological polar surface area (TPSA) is 71.5 Å². The van der Waals surface area contributed by atoms with E-state index in [1.165, 1.54) is 11.3 Å². The van der Waals surface area contributed by atoms with Gasteiger partial charge in [-0.2, -0.15) is 0 Å². The summed E-state index contributed by atoms with van der Waals surface area (Å²) in [6.07, 6.45) is 0.692. The number of ether oxygens (including phenoxy) is 1. The normalized spacial score (nSPS) is 12.7. The highest BCUT2D eigenvalue weighted by atomic mass is 32.1. The van der Waals surface area contributed by atoms with Crippen LogP contribution in [0.2, 0.25) is 0 Å². The average molecular weight is 348 g/mol. The molecule has 0 bridgehead atoms. The number of thiazole rings is 1. The second kappa shape index (κ2) is 8.26. The Morgan fingerprint density at radius 2 is 2.12 bits per heavy atom. The van der Waals surface area contributed by atoms with E-state index in [1.54, 1.807) is 23.7 Å². The van der Waals surface area contributed by atoms with Gasteiger partial charge in [0.2, 0.25) is 0 Å². The number of hydrogen-bond acceptors (Lipinski definition) is 5. The summed E-state index contributed by atoms with van der Waals surface area (Å²) in [6, 6.07) is 6.81. The molecule has 1 heterocycles. The zero-order valence-electron chi connectivity index (χ0n) is 14.3. The number of nitrogens with one attached hydrogen (secondary N) is 1. The summed E-state index contributed by atoms with van der Waals surface area (Å²) in [6.45, 7) is 6.45. The van der Waals surface area contributed by atoms with E-state index in [2.05, 4.69) is 31.1 Å². The molecule has 6 heteroatoms. The van der Waals surface area contributed by atoms with Gasteiger partial charge in [0.05, 0.1) is 29.4 Å². The van der Waals surface area contributed by atoms with Crippen molar-refractivity contribution in [2.45, 2.75) is 39.8 Å². The monoisotopic (exact) mass is 348 g/mol. The Morgan fingerprint density at radius 1 is 1.38 bits per heavy atom. The van der Waals surface area contributed by atoms with E-state index in [4.69, 9.17) is 4.74 Å². The molecular formula is C18H24N2O3S. The third-order valence-corrected chi connectivity index (χ3v) is 4.04. The summed E-state index contributed by atoms with van der Waals surface area (Å²) in [5.74, 6) is 0.266. The number of hydrogen-bond donors (Lipinski definition) is 2. The van der Waals surface area contributed by atoms with E-state index < -0.39 is 0 Å². The van der Waals surface area contributed by atoms with Crippen molar-refractivity contribution < 1.29 is 14.6 Å². The van der Waals surface area contributed by atoms with E-state index in [0.717, 1.165) is 5.69 Å². The molecule has 1 atom stereocenters. The SMILES string of the molecule is CC(C)(C)CC(CO)NC(=O)c1ccccc1OCc1cscn1. The molecule has 2 N–H and O–H groups in total. The lowest BCUT2D eigenvalue weighted by Gasteiger charge is -2.25. The standard InChI is InChI=1S/C18H24N2O3S/c1-18(2,3)8-13(9-21)20-17(22)15-6-4-5-7-16(15)23-10-14-11-24-12-19-14/h4-7,11-13,21H,8-10H2,1-3H3,(H,20,22). The Balaban J connectivity index is 2.05. The van der Waals surface area contributed by atoms with E-state index in [1.807, 2.05) is 11.4 Å². The maximum Gasteiger partial charge on any atom is 0.255 e. The van der Waals surface area contributed by atoms with Crippen LogP contribution in [0.3, 0.4) is 0 Å². The van der Waals surface area contributed by atoms with Gasteiger partial charge in [-0.15, -0.1) is 11.3 Å². The molecule has 0 radical (unpaired) electrons. The smallest absolute Gasteiger partial charge is 0.255 e. The van der Waals surface area contributed by atoms with Gasteiger partial charge in [0.25, 0.3) is 5.91 Å². The predicted molar refractivity (Wildman–Crippen MR) is 95.3 cm³/mol. The molecule has 130 valence electrons. The van der Waals surface area contributed by atoms with E-state index in [9.17, 15) is 9.90 Å². The highest BCUT2D eigenvalue weighted by Gasteiger charge is 2.21. The predicted octanol–water partition coefficient (Wildman–Crippen LogP) is 3.25. The van der Waals surface area contributed by atoms with Crippen LogP contribution in [0.15, 0.2) is 35.2 Å². The van der Waals surface area contributed by atoms with Crippen LogP contribution in [0.1, 0.15) is 43.2 Å². The molecule has 24 heavy (non-hydrogen) atoms. The summed E-state index contributed by atoms with van der Waals surface area (Å²) in [5.41, 5.74) is 3.05. The molecule has 2 rings (SSSR count). The fourth-order valence-electron chi connectivity index (χ4n) is 2.40. The van der Waals surface area contributed by atoms with Gasteiger partial charge in [0, 0.05) is 5.38 Å². The molecule has 0 saturated carbocycles. The number of aliphatic hydroxyl groups excluding tert-OH is 1. The molecule has 0 spiro atoms. The van der Waals surface area contributed by atoms with E-state index in [-0.39, 0.29) is 24.0 Å². The molecule has 0 fully saturated rings. The lowest BCUT2D eigenvalue weighted by atomic mass is 9.88. The second-order valence-corrected chi connectivity index (χ2v) is 7.60. The van der Waals surface area contributed by atoms with Gasteiger partial charge in [0.15, 0.2) is 0 Å². The van der Waals surface area contributed by atoms with Crippen LogP contribution < -0.4 is 10.1 Å². The lowest BCUT2D eigenvalue weighted by molar-refractivity contribution is 0.0893. The zero-order chi connectivity index (χ0) is 17.6. The Hall–Kier alpha value is -1.92. The molecule has 0 saturated heterocycles. The van der Waals surface area contributed by atoms with Gasteiger partial charge in [-0.05, 0) is 24.0 Å². The maximum atomic E-state index is 12.6. The van der Waals surface area contributed by atoms with Crippen molar-refractivity contribution in [1.82, 2.24) is 10.3 Å². The van der Waals surface area contributed by atoms with Crippen LogP contribution in [0.4, 0.5) is 0 Å². The number of carbonyl (C=O) groups excluding carboxylic acids is 1. The Kier molecular flexibility index (Phi) is 6.34. The van der Waals surface area contributed by atoms with Gasteiger partial charge in [0.1, 0.15) is 12.4 Å². The quantitative estimate of drug-likeness (QED) is 0.806. The average Bonchev–Trinajstić information content (AvgIpc) is 3.04. The summed E-state index contributed by atoms with van der Waals surface area (Å²) in [4.78, 5) is 16.7. The molecule has 1 unspecified atom stereocenters. The number of aromatic nitrogens is 1. The number of carbonyl (C=O) groups is 1. The third kappa shape index (κ3) is 5.62. The van der Waals surface area contributed by atoms with Crippen LogP contribution in [-0.4, -0.2) is 28.6 Å². The zero-order valence-corrected chi connectivity index (χ0v) is 15.1. The fraction of sp³-hybridized carbons (Fsp3) is 0.444. The van der Waals surface area contributed by atoms with Gasteiger partial charge in [-0.25, -0.2) is 4.98 Å². The van der Waals surface area contributed by atoms with Crippen LogP contribution in [-0.2, 0) is 6.61 Å². The van der Waals surface area contributed by atoms with Crippen molar-refractivity contribution in [3.63, 3.8) is 0 Å². The summed E-state index contributed by atoms with van der Waals surface area (Å²) in [5, 5.41) is 14.3. The van der Waals surface area contributed by atoms with Crippen molar-refractivity contribution in [2.75, 3.05) is 6.61 Å². The second-order valence-electron chi connectivity index (χ2n) is 6.88. The minimum atomic E-state index is -0.288. The highest BCUT2D eigenvalue weighted by Crippen LogP contribution is 2.23. The number of nitrogens with zero attached hydrogens (tertiary/aromatic N) is 1. The Bertz CT molecular complexity index is 651.